The van der Waals surface area contributed by atoms with Crippen LogP contribution in [-0.2, 0) is 9.59 Å². The number of hydrogen-bond donors (Lipinski definition) is 1. The van der Waals surface area contributed by atoms with E-state index in [9.17, 15) is 18.8 Å². The molecule has 2 heterocycles. The van der Waals surface area contributed by atoms with Crippen LogP contribution in [0.25, 0.3) is 0 Å². The summed E-state index contributed by atoms with van der Waals surface area (Å²) >= 11 is 0. The van der Waals surface area contributed by atoms with Crippen molar-refractivity contribution in [1.29, 1.82) is 0 Å². The first kappa shape index (κ1) is 18.2. The molecule has 0 bridgehead atoms. The molecule has 0 spiro atoms. The second kappa shape index (κ2) is 7.42. The molecule has 0 aromatic heterocycles. The Bertz CT molecular complexity index is 929. The molecule has 1 atom stereocenters. The Balaban J connectivity index is 1.60. The standard InChI is InChI=1S/C21H20FN3O3/c22-16-4-1-3-15(13-16)19-20(27)23-10-12-25(19)21(28)14-6-8-17(9-7-14)24-11-2-5-18(24)26/h1,3-4,6-9,13,19H,2,5,10-12H2,(H,23,27)/t19-/m1/s1. The van der Waals surface area contributed by atoms with Crippen molar-refractivity contribution in [2.45, 2.75) is 18.9 Å². The molecule has 1 N–H and O–H groups in total. The number of amides is 3. The average Bonchev–Trinajstić information content (AvgIpc) is 3.13. The van der Waals surface area contributed by atoms with Crippen LogP contribution in [0.15, 0.2) is 48.5 Å². The Hall–Kier alpha value is -3.22. The Morgan fingerprint density at radius 2 is 1.86 bits per heavy atom. The topological polar surface area (TPSA) is 69.7 Å². The summed E-state index contributed by atoms with van der Waals surface area (Å²) in [4.78, 5) is 40.6. The second-order valence-corrected chi connectivity index (χ2v) is 6.94. The summed E-state index contributed by atoms with van der Waals surface area (Å²) < 4.78 is 13.7. The van der Waals surface area contributed by atoms with E-state index < -0.39 is 11.9 Å². The average molecular weight is 381 g/mol. The van der Waals surface area contributed by atoms with Crippen molar-refractivity contribution >= 4 is 23.4 Å². The Morgan fingerprint density at radius 3 is 2.54 bits per heavy atom. The molecular weight excluding hydrogens is 361 g/mol. The van der Waals surface area contributed by atoms with Gasteiger partial charge in [0.05, 0.1) is 0 Å². The summed E-state index contributed by atoms with van der Waals surface area (Å²) in [6.07, 6.45) is 1.37. The first-order chi connectivity index (χ1) is 13.5. The van der Waals surface area contributed by atoms with Crippen LogP contribution in [0, 0.1) is 5.82 Å². The maximum Gasteiger partial charge on any atom is 0.254 e. The normalized spacial score (nSPS) is 19.7. The van der Waals surface area contributed by atoms with Gasteiger partial charge >= 0.3 is 0 Å². The van der Waals surface area contributed by atoms with Crippen LogP contribution in [0.1, 0.15) is 34.8 Å². The van der Waals surface area contributed by atoms with E-state index in [2.05, 4.69) is 5.32 Å². The van der Waals surface area contributed by atoms with E-state index in [1.54, 1.807) is 35.2 Å². The van der Waals surface area contributed by atoms with Gasteiger partial charge in [0.15, 0.2) is 0 Å². The van der Waals surface area contributed by atoms with Crippen molar-refractivity contribution < 1.29 is 18.8 Å². The summed E-state index contributed by atoms with van der Waals surface area (Å²) in [5, 5.41) is 2.74. The van der Waals surface area contributed by atoms with Crippen molar-refractivity contribution in [3.8, 4) is 0 Å². The number of halogens is 1. The number of benzene rings is 2. The molecule has 4 rings (SSSR count). The number of carbonyl (C=O) groups is 3. The van der Waals surface area contributed by atoms with E-state index in [1.165, 1.54) is 23.1 Å². The summed E-state index contributed by atoms with van der Waals surface area (Å²) in [6, 6.07) is 11.7. The molecule has 3 amide bonds. The fourth-order valence-corrected chi connectivity index (χ4v) is 3.76. The van der Waals surface area contributed by atoms with Crippen molar-refractivity contribution in [2.24, 2.45) is 0 Å². The minimum Gasteiger partial charge on any atom is -0.352 e. The van der Waals surface area contributed by atoms with E-state index in [0.29, 0.717) is 37.2 Å². The van der Waals surface area contributed by atoms with Crippen LogP contribution in [-0.4, -0.2) is 42.3 Å². The van der Waals surface area contributed by atoms with E-state index in [4.69, 9.17) is 0 Å². The zero-order valence-corrected chi connectivity index (χ0v) is 15.2. The SMILES string of the molecule is O=C1NCCN(C(=O)c2ccc(N3CCCC3=O)cc2)[C@@H]1c1cccc(F)c1. The monoisotopic (exact) mass is 381 g/mol. The number of hydrogen-bond acceptors (Lipinski definition) is 3. The molecule has 0 aliphatic carbocycles. The molecule has 6 nitrogen and oxygen atoms in total. The Labute approximate surface area is 161 Å². The van der Waals surface area contributed by atoms with Gasteiger partial charge in [-0.2, -0.15) is 0 Å². The third-order valence-corrected chi connectivity index (χ3v) is 5.14. The van der Waals surface area contributed by atoms with Crippen LogP contribution in [0.3, 0.4) is 0 Å². The fraction of sp³-hybridized carbons (Fsp3) is 0.286. The van der Waals surface area contributed by atoms with Crippen LogP contribution >= 0.6 is 0 Å². The van der Waals surface area contributed by atoms with E-state index in [1.807, 2.05) is 0 Å². The Morgan fingerprint density at radius 1 is 1.07 bits per heavy atom. The molecule has 2 aliphatic heterocycles. The van der Waals surface area contributed by atoms with Gasteiger partial charge in [-0.05, 0) is 48.4 Å². The first-order valence-electron chi connectivity index (χ1n) is 9.29. The molecule has 2 fully saturated rings. The molecule has 7 heteroatoms. The van der Waals surface area contributed by atoms with Crippen LogP contribution in [0.5, 0.6) is 0 Å². The summed E-state index contributed by atoms with van der Waals surface area (Å²) in [5.74, 6) is -1.01. The van der Waals surface area contributed by atoms with Crippen molar-refractivity contribution in [1.82, 2.24) is 10.2 Å². The van der Waals surface area contributed by atoms with Crippen molar-refractivity contribution in [2.75, 3.05) is 24.5 Å². The van der Waals surface area contributed by atoms with Gasteiger partial charge in [0, 0.05) is 37.3 Å². The molecule has 2 aromatic rings. The van der Waals surface area contributed by atoms with E-state index in [0.717, 1.165) is 12.1 Å². The van der Waals surface area contributed by atoms with Gasteiger partial charge in [0.1, 0.15) is 11.9 Å². The zero-order valence-electron chi connectivity index (χ0n) is 15.2. The molecule has 0 radical (unpaired) electrons. The number of nitrogens with zero attached hydrogens (tertiary/aromatic N) is 2. The van der Waals surface area contributed by atoms with Crippen molar-refractivity contribution in [3.05, 3.63) is 65.5 Å². The van der Waals surface area contributed by atoms with Gasteiger partial charge in [-0.3, -0.25) is 14.4 Å². The van der Waals surface area contributed by atoms with E-state index >= 15 is 0 Å². The third kappa shape index (κ3) is 3.35. The van der Waals surface area contributed by atoms with Gasteiger partial charge in [-0.15, -0.1) is 0 Å². The van der Waals surface area contributed by atoms with Gasteiger partial charge in [-0.1, -0.05) is 12.1 Å². The number of nitrogens with one attached hydrogen (secondary N) is 1. The van der Waals surface area contributed by atoms with Crippen LogP contribution < -0.4 is 10.2 Å². The molecule has 2 saturated heterocycles. The number of piperazine rings is 1. The largest absolute Gasteiger partial charge is 0.352 e. The smallest absolute Gasteiger partial charge is 0.254 e. The lowest BCUT2D eigenvalue weighted by Crippen LogP contribution is -2.52. The lowest BCUT2D eigenvalue weighted by molar-refractivity contribution is -0.128. The lowest BCUT2D eigenvalue weighted by atomic mass is 10.0. The molecule has 144 valence electrons. The van der Waals surface area contributed by atoms with Gasteiger partial charge in [-0.25, -0.2) is 4.39 Å². The van der Waals surface area contributed by atoms with Gasteiger partial charge in [0.2, 0.25) is 11.8 Å². The molecular formula is C21H20FN3O3. The molecule has 28 heavy (non-hydrogen) atoms. The summed E-state index contributed by atoms with van der Waals surface area (Å²) in [6.45, 7) is 1.36. The minimum atomic E-state index is -0.878. The highest BCUT2D eigenvalue weighted by Crippen LogP contribution is 2.27. The highest BCUT2D eigenvalue weighted by atomic mass is 19.1. The molecule has 2 aliphatic rings. The number of carbonyl (C=O) groups excluding carboxylic acids is 3. The Kier molecular flexibility index (Phi) is 4.81. The predicted octanol–water partition coefficient (Wildman–Crippen LogP) is 2.27. The summed E-state index contributed by atoms with van der Waals surface area (Å²) in [5.41, 5.74) is 1.62. The predicted molar refractivity (Wildman–Crippen MR) is 101 cm³/mol. The third-order valence-electron chi connectivity index (χ3n) is 5.14. The van der Waals surface area contributed by atoms with Crippen molar-refractivity contribution in [3.63, 3.8) is 0 Å². The fourth-order valence-electron chi connectivity index (χ4n) is 3.76. The molecule has 2 aromatic carbocycles. The first-order valence-corrected chi connectivity index (χ1v) is 9.29. The van der Waals surface area contributed by atoms with Crippen LogP contribution in [0.4, 0.5) is 10.1 Å². The maximum absolute atomic E-state index is 13.7. The highest BCUT2D eigenvalue weighted by molar-refractivity contribution is 6.00. The number of rotatable bonds is 3. The second-order valence-electron chi connectivity index (χ2n) is 6.94. The quantitative estimate of drug-likeness (QED) is 0.887. The van der Waals surface area contributed by atoms with Gasteiger partial charge in [0.25, 0.3) is 5.91 Å². The molecule has 0 unspecified atom stereocenters. The zero-order chi connectivity index (χ0) is 19.7. The van der Waals surface area contributed by atoms with Gasteiger partial charge < -0.3 is 15.1 Å². The summed E-state index contributed by atoms with van der Waals surface area (Å²) in [7, 11) is 0. The molecule has 0 saturated carbocycles. The lowest BCUT2D eigenvalue weighted by Gasteiger charge is -2.35. The van der Waals surface area contributed by atoms with Crippen LogP contribution in [0.2, 0.25) is 0 Å². The van der Waals surface area contributed by atoms with E-state index in [-0.39, 0.29) is 17.7 Å². The minimum absolute atomic E-state index is 0.0814. The maximum atomic E-state index is 13.7. The highest BCUT2D eigenvalue weighted by Gasteiger charge is 2.35. The number of anilines is 1.